The zero-order valence-corrected chi connectivity index (χ0v) is 9.93. The van der Waals surface area contributed by atoms with Gasteiger partial charge in [0.2, 0.25) is 0 Å². The highest BCUT2D eigenvalue weighted by Gasteiger charge is 2.13. The van der Waals surface area contributed by atoms with E-state index in [0.29, 0.717) is 9.92 Å². The lowest BCUT2D eigenvalue weighted by atomic mass is 10.3. The average Bonchev–Trinajstić information content (AvgIpc) is 2.41. The molecule has 0 bridgehead atoms. The highest BCUT2D eigenvalue weighted by Crippen LogP contribution is 2.29. The molecular weight excluding hydrogens is 255 g/mol. The molecule has 0 amide bonds. The van der Waals surface area contributed by atoms with Gasteiger partial charge in [0.1, 0.15) is 16.5 Å². The van der Waals surface area contributed by atoms with E-state index in [1.165, 1.54) is 18.5 Å². The zero-order valence-electron chi connectivity index (χ0n) is 9.12. The fourth-order valence-electron chi connectivity index (χ4n) is 1.25. The minimum Gasteiger partial charge on any atom is -0.409 e. The normalized spacial score (nSPS) is 11.5. The Morgan fingerprint density at radius 2 is 2.00 bits per heavy atom. The van der Waals surface area contributed by atoms with Crippen LogP contribution in [0.2, 0.25) is 0 Å². The Bertz CT molecular complexity index is 591. The minimum atomic E-state index is -0.362. The van der Waals surface area contributed by atoms with Crippen LogP contribution >= 0.6 is 11.8 Å². The SMILES string of the molecule is NC(=NO)c1nccnc1Sc1ccccc1F. The molecule has 0 saturated carbocycles. The second-order valence-electron chi connectivity index (χ2n) is 3.23. The van der Waals surface area contributed by atoms with Crippen LogP contribution in [0.15, 0.2) is 51.7 Å². The van der Waals surface area contributed by atoms with Gasteiger partial charge in [0.25, 0.3) is 0 Å². The molecule has 18 heavy (non-hydrogen) atoms. The van der Waals surface area contributed by atoms with Gasteiger partial charge in [-0.05, 0) is 12.1 Å². The molecule has 5 nitrogen and oxygen atoms in total. The van der Waals surface area contributed by atoms with Crippen LogP contribution in [0.3, 0.4) is 0 Å². The third-order valence-corrected chi connectivity index (χ3v) is 3.10. The van der Waals surface area contributed by atoms with Gasteiger partial charge in [0.05, 0.1) is 0 Å². The van der Waals surface area contributed by atoms with E-state index in [2.05, 4.69) is 15.1 Å². The minimum absolute atomic E-state index is 0.165. The molecule has 0 unspecified atom stereocenters. The van der Waals surface area contributed by atoms with Gasteiger partial charge in [-0.1, -0.05) is 29.1 Å². The lowest BCUT2D eigenvalue weighted by Crippen LogP contribution is -2.16. The van der Waals surface area contributed by atoms with Crippen LogP contribution in [0.5, 0.6) is 0 Å². The van der Waals surface area contributed by atoms with Crippen LogP contribution in [0.4, 0.5) is 4.39 Å². The first-order valence-corrected chi connectivity index (χ1v) is 5.75. The summed E-state index contributed by atoms with van der Waals surface area (Å²) in [4.78, 5) is 8.39. The summed E-state index contributed by atoms with van der Waals surface area (Å²) in [6.07, 6.45) is 2.87. The fourth-order valence-corrected chi connectivity index (χ4v) is 2.14. The maximum absolute atomic E-state index is 13.5. The number of aromatic nitrogens is 2. The standard InChI is InChI=1S/C11H9FN4OS/c12-7-3-1-2-4-8(7)18-11-9(10(13)16-17)14-5-6-15-11/h1-6,17H,(H2,13,16). The molecule has 0 radical (unpaired) electrons. The fraction of sp³-hybridized carbons (Fsp3) is 0. The number of nitrogens with two attached hydrogens (primary N) is 1. The summed E-state index contributed by atoms with van der Waals surface area (Å²) >= 11 is 1.06. The number of benzene rings is 1. The molecule has 3 N–H and O–H groups in total. The quantitative estimate of drug-likeness (QED) is 0.382. The van der Waals surface area contributed by atoms with E-state index >= 15 is 0 Å². The number of amidine groups is 1. The molecule has 0 aliphatic rings. The van der Waals surface area contributed by atoms with Crippen LogP contribution < -0.4 is 5.73 Å². The van der Waals surface area contributed by atoms with Gasteiger partial charge < -0.3 is 10.9 Å². The van der Waals surface area contributed by atoms with Gasteiger partial charge in [-0.25, -0.2) is 14.4 Å². The molecule has 0 fully saturated rings. The summed E-state index contributed by atoms with van der Waals surface area (Å²) in [6.45, 7) is 0. The summed E-state index contributed by atoms with van der Waals surface area (Å²) in [7, 11) is 0. The number of nitrogens with zero attached hydrogens (tertiary/aromatic N) is 3. The van der Waals surface area contributed by atoms with Crippen LogP contribution in [0, 0.1) is 5.82 Å². The molecule has 2 rings (SSSR count). The number of hydrogen-bond donors (Lipinski definition) is 2. The third kappa shape index (κ3) is 2.57. The predicted octanol–water partition coefficient (Wildman–Crippen LogP) is 1.86. The van der Waals surface area contributed by atoms with Crippen molar-refractivity contribution in [3.05, 3.63) is 48.2 Å². The van der Waals surface area contributed by atoms with E-state index in [9.17, 15) is 4.39 Å². The Kier molecular flexibility index (Phi) is 3.73. The average molecular weight is 264 g/mol. The number of oxime groups is 1. The van der Waals surface area contributed by atoms with Crippen molar-refractivity contribution in [2.75, 3.05) is 0 Å². The molecule has 2 aromatic rings. The van der Waals surface area contributed by atoms with Crippen LogP contribution in [0.25, 0.3) is 0 Å². The second-order valence-corrected chi connectivity index (χ2v) is 4.26. The number of hydrogen-bond acceptors (Lipinski definition) is 5. The van der Waals surface area contributed by atoms with Gasteiger partial charge in [-0.3, -0.25) is 0 Å². The Balaban J connectivity index is 2.38. The van der Waals surface area contributed by atoms with Crippen LogP contribution in [-0.4, -0.2) is 21.0 Å². The number of rotatable bonds is 3. The molecule has 92 valence electrons. The van der Waals surface area contributed by atoms with E-state index in [0.717, 1.165) is 11.8 Å². The highest BCUT2D eigenvalue weighted by atomic mass is 32.2. The largest absolute Gasteiger partial charge is 0.409 e. The van der Waals surface area contributed by atoms with Crippen LogP contribution in [-0.2, 0) is 0 Å². The summed E-state index contributed by atoms with van der Waals surface area (Å²) in [6, 6.07) is 6.28. The summed E-state index contributed by atoms with van der Waals surface area (Å²) < 4.78 is 13.5. The Morgan fingerprint density at radius 1 is 1.28 bits per heavy atom. The van der Waals surface area contributed by atoms with E-state index < -0.39 is 0 Å². The van der Waals surface area contributed by atoms with Crippen molar-refractivity contribution in [2.24, 2.45) is 10.9 Å². The summed E-state index contributed by atoms with van der Waals surface area (Å²) in [5.74, 6) is -0.527. The maximum Gasteiger partial charge on any atom is 0.191 e. The summed E-state index contributed by atoms with van der Waals surface area (Å²) in [5, 5.41) is 11.9. The van der Waals surface area contributed by atoms with Crippen molar-refractivity contribution in [3.8, 4) is 0 Å². The molecule has 1 heterocycles. The van der Waals surface area contributed by atoms with E-state index in [1.807, 2.05) is 0 Å². The molecule has 0 saturated heterocycles. The smallest absolute Gasteiger partial charge is 0.191 e. The van der Waals surface area contributed by atoms with E-state index in [1.54, 1.807) is 18.2 Å². The van der Waals surface area contributed by atoms with Crippen molar-refractivity contribution in [2.45, 2.75) is 9.92 Å². The Hall–Kier alpha value is -2.15. The third-order valence-electron chi connectivity index (χ3n) is 2.06. The molecule has 0 spiro atoms. The van der Waals surface area contributed by atoms with E-state index in [4.69, 9.17) is 10.9 Å². The molecule has 1 aromatic heterocycles. The maximum atomic E-state index is 13.5. The monoisotopic (exact) mass is 264 g/mol. The molecule has 0 aliphatic heterocycles. The van der Waals surface area contributed by atoms with Gasteiger partial charge in [0, 0.05) is 17.3 Å². The first kappa shape index (κ1) is 12.3. The van der Waals surface area contributed by atoms with E-state index in [-0.39, 0.29) is 17.3 Å². The van der Waals surface area contributed by atoms with Gasteiger partial charge in [-0.2, -0.15) is 0 Å². The highest BCUT2D eigenvalue weighted by molar-refractivity contribution is 7.99. The molecule has 0 atom stereocenters. The van der Waals surface area contributed by atoms with Crippen LogP contribution in [0.1, 0.15) is 5.69 Å². The summed E-state index contributed by atoms with van der Waals surface area (Å²) in [5.41, 5.74) is 5.69. The molecule has 1 aromatic carbocycles. The second kappa shape index (κ2) is 5.46. The predicted molar refractivity (Wildman–Crippen MR) is 65.1 cm³/mol. The zero-order chi connectivity index (χ0) is 13.0. The Labute approximate surface area is 107 Å². The molecule has 7 heteroatoms. The Morgan fingerprint density at radius 3 is 2.72 bits per heavy atom. The lowest BCUT2D eigenvalue weighted by Gasteiger charge is -2.05. The van der Waals surface area contributed by atoms with Gasteiger partial charge in [-0.15, -0.1) is 0 Å². The van der Waals surface area contributed by atoms with Crippen molar-refractivity contribution >= 4 is 17.6 Å². The first-order valence-electron chi connectivity index (χ1n) is 4.93. The first-order chi connectivity index (χ1) is 8.72. The van der Waals surface area contributed by atoms with Crippen molar-refractivity contribution < 1.29 is 9.60 Å². The van der Waals surface area contributed by atoms with Gasteiger partial charge >= 0.3 is 0 Å². The van der Waals surface area contributed by atoms with Gasteiger partial charge in [0.15, 0.2) is 5.84 Å². The molecule has 0 aliphatic carbocycles. The molecular formula is C11H9FN4OS. The van der Waals surface area contributed by atoms with Crippen molar-refractivity contribution in [1.29, 1.82) is 0 Å². The van der Waals surface area contributed by atoms with Crippen molar-refractivity contribution in [3.63, 3.8) is 0 Å². The lowest BCUT2D eigenvalue weighted by molar-refractivity contribution is 0.318. The van der Waals surface area contributed by atoms with Crippen molar-refractivity contribution in [1.82, 2.24) is 9.97 Å². The topological polar surface area (TPSA) is 84.4 Å². The number of halogens is 1.